The minimum absolute atomic E-state index is 0.0137. The Morgan fingerprint density at radius 2 is 2.11 bits per heavy atom. The summed E-state index contributed by atoms with van der Waals surface area (Å²) in [5.74, 6) is -0.402. The van der Waals surface area contributed by atoms with Crippen molar-refractivity contribution in [1.82, 2.24) is 0 Å². The van der Waals surface area contributed by atoms with E-state index in [2.05, 4.69) is 5.32 Å². The van der Waals surface area contributed by atoms with Gasteiger partial charge in [-0.25, -0.2) is 9.59 Å². The van der Waals surface area contributed by atoms with E-state index in [9.17, 15) is 9.59 Å². The summed E-state index contributed by atoms with van der Waals surface area (Å²) >= 11 is 0. The van der Waals surface area contributed by atoms with Gasteiger partial charge in [0.2, 0.25) is 0 Å². The minimum atomic E-state index is -0.645. The van der Waals surface area contributed by atoms with Crippen molar-refractivity contribution in [1.29, 1.82) is 0 Å². The van der Waals surface area contributed by atoms with Crippen molar-refractivity contribution in [2.75, 3.05) is 18.5 Å². The number of esters is 1. The van der Waals surface area contributed by atoms with Gasteiger partial charge in [-0.3, -0.25) is 0 Å². The highest BCUT2D eigenvalue weighted by Gasteiger charge is 2.18. The summed E-state index contributed by atoms with van der Waals surface area (Å²) < 4.78 is 10.5. The van der Waals surface area contributed by atoms with Crippen LogP contribution >= 0.6 is 0 Å². The molecular weight excluding hydrogens is 248 g/mol. The quantitative estimate of drug-likeness (QED) is 0.806. The highest BCUT2D eigenvalue weighted by Crippen LogP contribution is 2.14. The molecule has 1 atom stereocenters. The predicted octanol–water partition coefficient (Wildman–Crippen LogP) is 1.51. The molecule has 3 N–H and O–H groups in total. The summed E-state index contributed by atoms with van der Waals surface area (Å²) in [5.41, 5.74) is 5.94. The molecule has 0 aliphatic carbocycles. The third kappa shape index (κ3) is 3.96. The molecule has 1 aromatic carbocycles. The van der Waals surface area contributed by atoms with Gasteiger partial charge in [0.25, 0.3) is 0 Å². The molecule has 2 amide bonds. The highest BCUT2D eigenvalue weighted by molar-refractivity contribution is 5.91. The van der Waals surface area contributed by atoms with E-state index in [1.54, 1.807) is 24.3 Å². The lowest BCUT2D eigenvalue weighted by molar-refractivity contribution is 0.0161. The standard InChI is InChI=1S/C13H16N2O4/c14-13(17)15-10-5-3-9(4-6-10)12(16)19-8-11-2-1-7-18-11/h3-6,11H,1-2,7-8H2,(H3,14,15,17). The van der Waals surface area contributed by atoms with Crippen molar-refractivity contribution < 1.29 is 19.1 Å². The Balaban J connectivity index is 1.86. The SMILES string of the molecule is NC(=O)Nc1ccc(C(=O)OCC2CCCO2)cc1. The van der Waals surface area contributed by atoms with Crippen LogP contribution in [0.3, 0.4) is 0 Å². The number of hydrogen-bond acceptors (Lipinski definition) is 4. The summed E-state index contributed by atoms with van der Waals surface area (Å²) in [5, 5.41) is 2.41. The monoisotopic (exact) mass is 264 g/mol. The normalized spacial score (nSPS) is 18.0. The molecule has 1 aliphatic rings. The van der Waals surface area contributed by atoms with E-state index < -0.39 is 12.0 Å². The Labute approximate surface area is 110 Å². The van der Waals surface area contributed by atoms with Crippen molar-refractivity contribution >= 4 is 17.7 Å². The van der Waals surface area contributed by atoms with Crippen LogP contribution in [0.1, 0.15) is 23.2 Å². The number of rotatable bonds is 4. The van der Waals surface area contributed by atoms with Crippen LogP contribution in [0, 0.1) is 0 Å². The first-order valence-electron chi connectivity index (χ1n) is 6.10. The lowest BCUT2D eigenvalue weighted by atomic mass is 10.2. The molecule has 0 aromatic heterocycles. The van der Waals surface area contributed by atoms with Crippen LogP contribution in [0.15, 0.2) is 24.3 Å². The van der Waals surface area contributed by atoms with Gasteiger partial charge in [-0.05, 0) is 37.1 Å². The lowest BCUT2D eigenvalue weighted by Crippen LogP contribution is -2.19. The van der Waals surface area contributed by atoms with Gasteiger partial charge in [0.05, 0.1) is 11.7 Å². The third-order valence-corrected chi connectivity index (χ3v) is 2.81. The number of nitrogens with one attached hydrogen (secondary N) is 1. The van der Waals surface area contributed by atoms with Crippen LogP contribution in [-0.4, -0.2) is 31.3 Å². The first-order chi connectivity index (χ1) is 9.15. The molecule has 1 aliphatic heterocycles. The van der Waals surface area contributed by atoms with Crippen molar-refractivity contribution in [2.45, 2.75) is 18.9 Å². The van der Waals surface area contributed by atoms with Crippen LogP contribution in [0.25, 0.3) is 0 Å². The topological polar surface area (TPSA) is 90.7 Å². The maximum atomic E-state index is 11.7. The number of primary amides is 1. The van der Waals surface area contributed by atoms with E-state index in [-0.39, 0.29) is 12.7 Å². The van der Waals surface area contributed by atoms with Crippen LogP contribution < -0.4 is 11.1 Å². The number of carbonyl (C=O) groups is 2. The molecule has 6 nitrogen and oxygen atoms in total. The van der Waals surface area contributed by atoms with E-state index in [0.717, 1.165) is 19.4 Å². The van der Waals surface area contributed by atoms with Gasteiger partial charge < -0.3 is 20.5 Å². The second-order valence-corrected chi connectivity index (χ2v) is 4.30. The van der Waals surface area contributed by atoms with E-state index in [0.29, 0.717) is 11.3 Å². The number of benzene rings is 1. The fourth-order valence-corrected chi connectivity index (χ4v) is 1.86. The summed E-state index contributed by atoms with van der Waals surface area (Å²) in [4.78, 5) is 22.4. The fourth-order valence-electron chi connectivity index (χ4n) is 1.86. The first kappa shape index (κ1) is 13.4. The Hall–Kier alpha value is -2.08. The Bertz CT molecular complexity index is 452. The number of urea groups is 1. The number of nitrogens with two attached hydrogens (primary N) is 1. The van der Waals surface area contributed by atoms with Crippen molar-refractivity contribution in [3.8, 4) is 0 Å². The summed E-state index contributed by atoms with van der Waals surface area (Å²) in [6.45, 7) is 1.01. The molecule has 1 heterocycles. The Kier molecular flexibility index (Phi) is 4.35. The molecule has 102 valence electrons. The van der Waals surface area contributed by atoms with Gasteiger partial charge in [0.15, 0.2) is 0 Å². The van der Waals surface area contributed by atoms with Gasteiger partial charge in [-0.15, -0.1) is 0 Å². The van der Waals surface area contributed by atoms with Gasteiger partial charge in [-0.2, -0.15) is 0 Å². The second kappa shape index (κ2) is 6.19. The molecule has 1 aromatic rings. The van der Waals surface area contributed by atoms with E-state index >= 15 is 0 Å². The maximum absolute atomic E-state index is 11.7. The van der Waals surface area contributed by atoms with Crippen molar-refractivity contribution in [3.63, 3.8) is 0 Å². The number of amides is 2. The van der Waals surface area contributed by atoms with Gasteiger partial charge in [-0.1, -0.05) is 0 Å². The number of ether oxygens (including phenoxy) is 2. The average molecular weight is 264 g/mol. The molecule has 2 rings (SSSR count). The zero-order chi connectivity index (χ0) is 13.7. The lowest BCUT2D eigenvalue weighted by Gasteiger charge is -2.10. The summed E-state index contributed by atoms with van der Waals surface area (Å²) in [7, 11) is 0. The predicted molar refractivity (Wildman–Crippen MR) is 68.9 cm³/mol. The summed E-state index contributed by atoms with van der Waals surface area (Å²) in [6, 6.07) is 5.68. The molecule has 19 heavy (non-hydrogen) atoms. The van der Waals surface area contributed by atoms with Crippen molar-refractivity contribution in [2.24, 2.45) is 5.73 Å². The maximum Gasteiger partial charge on any atom is 0.338 e. The summed E-state index contributed by atoms with van der Waals surface area (Å²) in [6.07, 6.45) is 1.95. The zero-order valence-electron chi connectivity index (χ0n) is 10.4. The van der Waals surface area contributed by atoms with Gasteiger partial charge in [0.1, 0.15) is 6.61 Å². The second-order valence-electron chi connectivity index (χ2n) is 4.30. The molecule has 0 radical (unpaired) electrons. The number of anilines is 1. The van der Waals surface area contributed by atoms with Crippen LogP contribution in [0.4, 0.5) is 10.5 Å². The third-order valence-electron chi connectivity index (χ3n) is 2.81. The Morgan fingerprint density at radius 3 is 2.68 bits per heavy atom. The Morgan fingerprint density at radius 1 is 1.37 bits per heavy atom. The molecule has 0 saturated carbocycles. The van der Waals surface area contributed by atoms with Gasteiger partial charge >= 0.3 is 12.0 Å². The van der Waals surface area contributed by atoms with E-state index in [1.807, 2.05) is 0 Å². The molecule has 6 heteroatoms. The molecular formula is C13H16N2O4. The minimum Gasteiger partial charge on any atom is -0.459 e. The van der Waals surface area contributed by atoms with Crippen LogP contribution in [-0.2, 0) is 9.47 Å². The number of carbonyl (C=O) groups excluding carboxylic acids is 2. The molecule has 0 bridgehead atoms. The van der Waals surface area contributed by atoms with Gasteiger partial charge in [0, 0.05) is 12.3 Å². The van der Waals surface area contributed by atoms with E-state index in [1.165, 1.54) is 0 Å². The first-order valence-corrected chi connectivity index (χ1v) is 6.10. The zero-order valence-corrected chi connectivity index (χ0v) is 10.4. The molecule has 1 saturated heterocycles. The highest BCUT2D eigenvalue weighted by atomic mass is 16.6. The average Bonchev–Trinajstić information content (AvgIpc) is 2.89. The van der Waals surface area contributed by atoms with E-state index in [4.69, 9.17) is 15.2 Å². The van der Waals surface area contributed by atoms with Crippen LogP contribution in [0.5, 0.6) is 0 Å². The van der Waals surface area contributed by atoms with Crippen molar-refractivity contribution in [3.05, 3.63) is 29.8 Å². The number of hydrogen-bond donors (Lipinski definition) is 2. The molecule has 1 unspecified atom stereocenters. The molecule has 0 spiro atoms. The van der Waals surface area contributed by atoms with Crippen LogP contribution in [0.2, 0.25) is 0 Å². The fraction of sp³-hybridized carbons (Fsp3) is 0.385. The molecule has 1 fully saturated rings. The largest absolute Gasteiger partial charge is 0.459 e. The smallest absolute Gasteiger partial charge is 0.338 e.